The Bertz CT molecular complexity index is 420. The van der Waals surface area contributed by atoms with Crippen LogP contribution in [0, 0.1) is 5.92 Å². The van der Waals surface area contributed by atoms with Gasteiger partial charge in [0.25, 0.3) is 0 Å². The first-order valence-electron chi connectivity index (χ1n) is 7.14. The number of rotatable bonds is 4. The molecule has 0 aromatic carbocycles. The lowest BCUT2D eigenvalue weighted by Gasteiger charge is -2.43. The van der Waals surface area contributed by atoms with Crippen molar-refractivity contribution < 1.29 is 4.79 Å². The van der Waals surface area contributed by atoms with Gasteiger partial charge in [0.15, 0.2) is 5.78 Å². The van der Waals surface area contributed by atoms with Gasteiger partial charge in [0.05, 0.1) is 5.54 Å². The summed E-state index contributed by atoms with van der Waals surface area (Å²) in [6.45, 7) is 2.28. The summed E-state index contributed by atoms with van der Waals surface area (Å²) in [7, 11) is 4.08. The number of hydrogen-bond acceptors (Lipinski definition) is 3. The van der Waals surface area contributed by atoms with Gasteiger partial charge >= 0.3 is 0 Å². The van der Waals surface area contributed by atoms with Crippen LogP contribution in [0.25, 0.3) is 0 Å². The van der Waals surface area contributed by atoms with E-state index in [-0.39, 0.29) is 5.54 Å². The van der Waals surface area contributed by atoms with E-state index in [4.69, 9.17) is 0 Å². The maximum atomic E-state index is 12.8. The molecule has 1 aliphatic carbocycles. The second-order valence-electron chi connectivity index (χ2n) is 6.07. The number of pyridine rings is 1. The molecule has 0 N–H and O–H groups in total. The van der Waals surface area contributed by atoms with E-state index in [0.29, 0.717) is 12.2 Å². The number of carbonyl (C=O) groups is 1. The minimum absolute atomic E-state index is 0.262. The van der Waals surface area contributed by atoms with E-state index in [1.807, 2.05) is 26.2 Å². The molecule has 104 valence electrons. The molecule has 0 spiro atoms. The standard InChI is InChI=1S/C16H24N2O/c1-13-6-8-16(9-7-13,18(2)3)15(19)11-14-5-4-10-17-12-14/h4-5,10,12-13H,6-9,11H2,1-3H3. The fourth-order valence-electron chi connectivity index (χ4n) is 3.07. The lowest BCUT2D eigenvalue weighted by molar-refractivity contribution is -0.131. The molecule has 1 aromatic rings. The van der Waals surface area contributed by atoms with Crippen LogP contribution >= 0.6 is 0 Å². The minimum Gasteiger partial charge on any atom is -0.297 e. The highest BCUT2D eigenvalue weighted by atomic mass is 16.1. The van der Waals surface area contributed by atoms with E-state index >= 15 is 0 Å². The van der Waals surface area contributed by atoms with Crippen molar-refractivity contribution in [3.8, 4) is 0 Å². The molecule has 0 atom stereocenters. The van der Waals surface area contributed by atoms with Crippen LogP contribution in [0.2, 0.25) is 0 Å². The Balaban J connectivity index is 2.13. The molecule has 1 heterocycles. The Morgan fingerprint density at radius 3 is 2.63 bits per heavy atom. The summed E-state index contributed by atoms with van der Waals surface area (Å²) in [5, 5.41) is 0. The highest BCUT2D eigenvalue weighted by molar-refractivity contribution is 5.90. The topological polar surface area (TPSA) is 33.2 Å². The quantitative estimate of drug-likeness (QED) is 0.834. The maximum Gasteiger partial charge on any atom is 0.157 e. The molecule has 0 unspecified atom stereocenters. The van der Waals surface area contributed by atoms with Crippen LogP contribution < -0.4 is 0 Å². The van der Waals surface area contributed by atoms with Gasteiger partial charge in [-0.05, 0) is 57.3 Å². The Kier molecular flexibility index (Phi) is 4.35. The molecule has 0 radical (unpaired) electrons. The Morgan fingerprint density at radius 2 is 2.11 bits per heavy atom. The summed E-state index contributed by atoms with van der Waals surface area (Å²) in [6.07, 6.45) is 8.32. The minimum atomic E-state index is -0.262. The molecule has 1 aromatic heterocycles. The van der Waals surface area contributed by atoms with Gasteiger partial charge in [-0.3, -0.25) is 14.7 Å². The second-order valence-corrected chi connectivity index (χ2v) is 6.07. The normalized spacial score (nSPS) is 27.5. The Hall–Kier alpha value is -1.22. The highest BCUT2D eigenvalue weighted by Crippen LogP contribution is 2.36. The highest BCUT2D eigenvalue weighted by Gasteiger charge is 2.42. The van der Waals surface area contributed by atoms with E-state index in [9.17, 15) is 4.79 Å². The third kappa shape index (κ3) is 3.03. The molecule has 2 rings (SSSR count). The van der Waals surface area contributed by atoms with Crippen molar-refractivity contribution in [2.24, 2.45) is 5.92 Å². The SMILES string of the molecule is CC1CCC(C(=O)Cc2cccnc2)(N(C)C)CC1. The van der Waals surface area contributed by atoms with Crippen molar-refractivity contribution >= 4 is 5.78 Å². The molecule has 0 aliphatic heterocycles. The van der Waals surface area contributed by atoms with Crippen LogP contribution in [0.15, 0.2) is 24.5 Å². The van der Waals surface area contributed by atoms with Crippen molar-refractivity contribution in [1.82, 2.24) is 9.88 Å². The van der Waals surface area contributed by atoms with E-state index in [1.165, 1.54) is 0 Å². The summed E-state index contributed by atoms with van der Waals surface area (Å²) in [6, 6.07) is 3.88. The predicted octanol–water partition coefficient (Wildman–Crippen LogP) is 2.70. The van der Waals surface area contributed by atoms with E-state index in [0.717, 1.165) is 37.2 Å². The number of hydrogen-bond donors (Lipinski definition) is 0. The number of nitrogens with zero attached hydrogens (tertiary/aromatic N) is 2. The van der Waals surface area contributed by atoms with Gasteiger partial charge in [0, 0.05) is 18.8 Å². The molecule has 0 bridgehead atoms. The molecule has 3 heteroatoms. The molecule has 1 saturated carbocycles. The Labute approximate surface area is 116 Å². The van der Waals surface area contributed by atoms with Gasteiger partial charge in [-0.1, -0.05) is 13.0 Å². The van der Waals surface area contributed by atoms with Crippen molar-refractivity contribution in [3.63, 3.8) is 0 Å². The zero-order chi connectivity index (χ0) is 13.9. The number of ketones is 1. The zero-order valence-electron chi connectivity index (χ0n) is 12.2. The summed E-state index contributed by atoms with van der Waals surface area (Å²) in [5.74, 6) is 1.09. The lowest BCUT2D eigenvalue weighted by Crippen LogP contribution is -2.53. The van der Waals surface area contributed by atoms with E-state index in [1.54, 1.807) is 12.4 Å². The zero-order valence-corrected chi connectivity index (χ0v) is 12.2. The van der Waals surface area contributed by atoms with Crippen LogP contribution in [0.5, 0.6) is 0 Å². The number of likely N-dealkylation sites (N-methyl/N-ethyl adjacent to an activating group) is 1. The number of aromatic nitrogens is 1. The smallest absolute Gasteiger partial charge is 0.157 e. The monoisotopic (exact) mass is 260 g/mol. The van der Waals surface area contributed by atoms with Crippen molar-refractivity contribution in [3.05, 3.63) is 30.1 Å². The van der Waals surface area contributed by atoms with Gasteiger partial charge in [0.2, 0.25) is 0 Å². The van der Waals surface area contributed by atoms with Gasteiger partial charge in [-0.2, -0.15) is 0 Å². The van der Waals surface area contributed by atoms with Crippen molar-refractivity contribution in [2.45, 2.75) is 44.6 Å². The largest absolute Gasteiger partial charge is 0.297 e. The fraction of sp³-hybridized carbons (Fsp3) is 0.625. The first kappa shape index (κ1) is 14.2. The van der Waals surface area contributed by atoms with Crippen molar-refractivity contribution in [1.29, 1.82) is 0 Å². The summed E-state index contributed by atoms with van der Waals surface area (Å²) in [5.41, 5.74) is 0.759. The van der Waals surface area contributed by atoms with Gasteiger partial charge in [-0.25, -0.2) is 0 Å². The summed E-state index contributed by atoms with van der Waals surface area (Å²) in [4.78, 5) is 19.0. The Morgan fingerprint density at radius 1 is 1.42 bits per heavy atom. The molecular weight excluding hydrogens is 236 g/mol. The molecule has 1 aliphatic rings. The first-order valence-corrected chi connectivity index (χ1v) is 7.14. The van der Waals surface area contributed by atoms with Gasteiger partial charge < -0.3 is 0 Å². The third-order valence-electron chi connectivity index (χ3n) is 4.56. The fourth-order valence-corrected chi connectivity index (χ4v) is 3.07. The second kappa shape index (κ2) is 5.83. The van der Waals surface area contributed by atoms with Crippen LogP contribution in [-0.4, -0.2) is 35.3 Å². The van der Waals surface area contributed by atoms with Crippen LogP contribution in [0.3, 0.4) is 0 Å². The van der Waals surface area contributed by atoms with Crippen LogP contribution in [-0.2, 0) is 11.2 Å². The van der Waals surface area contributed by atoms with E-state index in [2.05, 4.69) is 16.8 Å². The van der Waals surface area contributed by atoms with Crippen molar-refractivity contribution in [2.75, 3.05) is 14.1 Å². The lowest BCUT2D eigenvalue weighted by atomic mass is 9.73. The average Bonchev–Trinajstić information content (AvgIpc) is 2.40. The summed E-state index contributed by atoms with van der Waals surface area (Å²) >= 11 is 0. The molecule has 19 heavy (non-hydrogen) atoms. The van der Waals surface area contributed by atoms with Crippen LogP contribution in [0.1, 0.15) is 38.2 Å². The maximum absolute atomic E-state index is 12.8. The first-order chi connectivity index (χ1) is 9.04. The molecular formula is C16H24N2O. The summed E-state index contributed by atoms with van der Waals surface area (Å²) < 4.78 is 0. The van der Waals surface area contributed by atoms with Crippen LogP contribution in [0.4, 0.5) is 0 Å². The molecule has 3 nitrogen and oxygen atoms in total. The van der Waals surface area contributed by atoms with Gasteiger partial charge in [0.1, 0.15) is 0 Å². The average molecular weight is 260 g/mol. The molecule has 0 amide bonds. The number of Topliss-reactive ketones (excluding diaryl/α,β-unsaturated/α-hetero) is 1. The van der Waals surface area contributed by atoms with Gasteiger partial charge in [-0.15, -0.1) is 0 Å². The van der Waals surface area contributed by atoms with E-state index < -0.39 is 0 Å². The predicted molar refractivity (Wildman–Crippen MR) is 77.0 cm³/mol. The third-order valence-corrected chi connectivity index (χ3v) is 4.56. The molecule has 0 saturated heterocycles. The number of carbonyl (C=O) groups excluding carboxylic acids is 1. The molecule has 1 fully saturated rings.